The molecule has 21 heavy (non-hydrogen) atoms. The number of hydrogen-bond acceptors (Lipinski definition) is 2. The van der Waals surface area contributed by atoms with Gasteiger partial charge in [-0.3, -0.25) is 0 Å². The lowest BCUT2D eigenvalue weighted by atomic mass is 10.2. The van der Waals surface area contributed by atoms with Gasteiger partial charge in [-0.1, -0.05) is 12.1 Å². The van der Waals surface area contributed by atoms with E-state index in [0.717, 1.165) is 17.7 Å². The second-order valence-electron chi connectivity index (χ2n) is 4.31. The van der Waals surface area contributed by atoms with Crippen molar-refractivity contribution in [2.24, 2.45) is 0 Å². The highest BCUT2D eigenvalue weighted by Crippen LogP contribution is 2.33. The van der Waals surface area contributed by atoms with Crippen LogP contribution in [0.5, 0.6) is 11.5 Å². The molecule has 0 fully saturated rings. The maximum atomic E-state index is 12.7. The van der Waals surface area contributed by atoms with E-state index >= 15 is 0 Å². The Morgan fingerprint density at radius 1 is 1.00 bits per heavy atom. The topological polar surface area (TPSA) is 18.5 Å². The third-order valence-corrected chi connectivity index (χ3v) is 3.39. The molecule has 2 nitrogen and oxygen atoms in total. The van der Waals surface area contributed by atoms with Crippen molar-refractivity contribution in [3.63, 3.8) is 0 Å². The van der Waals surface area contributed by atoms with E-state index in [4.69, 9.17) is 9.47 Å². The van der Waals surface area contributed by atoms with Gasteiger partial charge in [0.1, 0.15) is 18.1 Å². The van der Waals surface area contributed by atoms with Crippen molar-refractivity contribution in [3.8, 4) is 11.5 Å². The van der Waals surface area contributed by atoms with Crippen LogP contribution in [0.2, 0.25) is 0 Å². The molecule has 0 bridgehead atoms. The minimum absolute atomic E-state index is 0.196. The Kier molecular flexibility index (Phi) is 4.97. The van der Waals surface area contributed by atoms with E-state index < -0.39 is 11.7 Å². The normalized spacial score (nSPS) is 11.3. The zero-order chi connectivity index (χ0) is 15.5. The first-order valence-electron chi connectivity index (χ1n) is 6.02. The Morgan fingerprint density at radius 2 is 1.67 bits per heavy atom. The lowest BCUT2D eigenvalue weighted by Gasteiger charge is -2.11. The summed E-state index contributed by atoms with van der Waals surface area (Å²) in [7, 11) is 1.57. The number of methoxy groups -OCH3 is 1. The summed E-state index contributed by atoms with van der Waals surface area (Å²) < 4.78 is 49.1. The zero-order valence-corrected chi connectivity index (χ0v) is 13.2. The summed E-state index contributed by atoms with van der Waals surface area (Å²) in [6.45, 7) is 0.196. The number of halogens is 4. The van der Waals surface area contributed by atoms with Crippen molar-refractivity contribution in [1.29, 1.82) is 0 Å². The number of alkyl halides is 3. The highest BCUT2D eigenvalue weighted by Gasteiger charge is 2.31. The van der Waals surface area contributed by atoms with Gasteiger partial charge in [-0.05, 0) is 58.5 Å². The van der Waals surface area contributed by atoms with E-state index in [1.54, 1.807) is 37.4 Å². The summed E-state index contributed by atoms with van der Waals surface area (Å²) in [6, 6.07) is 10.8. The van der Waals surface area contributed by atoms with Crippen molar-refractivity contribution in [2.45, 2.75) is 12.8 Å². The maximum Gasteiger partial charge on any atom is 0.416 e. The monoisotopic (exact) mass is 408 g/mol. The average molecular weight is 408 g/mol. The van der Waals surface area contributed by atoms with E-state index in [1.165, 1.54) is 0 Å². The Morgan fingerprint density at radius 3 is 2.24 bits per heavy atom. The summed E-state index contributed by atoms with van der Waals surface area (Å²) in [5.41, 5.74) is 0.141. The highest BCUT2D eigenvalue weighted by molar-refractivity contribution is 14.1. The quantitative estimate of drug-likeness (QED) is 0.671. The molecule has 0 spiro atoms. The van der Waals surface area contributed by atoms with Crippen LogP contribution < -0.4 is 9.47 Å². The largest absolute Gasteiger partial charge is 0.497 e. The molecular weight excluding hydrogens is 396 g/mol. The van der Waals surface area contributed by atoms with E-state index in [9.17, 15) is 13.2 Å². The van der Waals surface area contributed by atoms with Gasteiger partial charge in [0.2, 0.25) is 0 Å². The van der Waals surface area contributed by atoms with Crippen LogP contribution in [0.3, 0.4) is 0 Å². The van der Waals surface area contributed by atoms with Crippen LogP contribution in [0.15, 0.2) is 42.5 Å². The van der Waals surface area contributed by atoms with Crippen molar-refractivity contribution < 1.29 is 22.6 Å². The summed E-state index contributed by atoms with van der Waals surface area (Å²) in [5.74, 6) is 0.914. The summed E-state index contributed by atoms with van der Waals surface area (Å²) in [4.78, 5) is 0. The van der Waals surface area contributed by atoms with Crippen molar-refractivity contribution in [2.75, 3.05) is 7.11 Å². The first kappa shape index (κ1) is 15.9. The third-order valence-electron chi connectivity index (χ3n) is 2.76. The molecule has 0 saturated heterocycles. The Hall–Kier alpha value is -1.44. The molecule has 2 aromatic rings. The molecule has 0 saturated carbocycles. The van der Waals surface area contributed by atoms with Gasteiger partial charge in [-0.25, -0.2) is 0 Å². The molecular formula is C15H12F3IO2. The molecule has 0 aliphatic carbocycles. The predicted molar refractivity (Wildman–Crippen MR) is 81.5 cm³/mol. The van der Waals surface area contributed by atoms with Gasteiger partial charge in [0.05, 0.1) is 12.7 Å². The van der Waals surface area contributed by atoms with E-state index in [2.05, 4.69) is 0 Å². The fourth-order valence-electron chi connectivity index (χ4n) is 1.70. The summed E-state index contributed by atoms with van der Waals surface area (Å²) in [5, 5.41) is 0. The van der Waals surface area contributed by atoms with Crippen LogP contribution in [-0.2, 0) is 12.8 Å². The lowest BCUT2D eigenvalue weighted by Crippen LogP contribution is -2.06. The van der Waals surface area contributed by atoms with Crippen LogP contribution in [0.25, 0.3) is 0 Å². The van der Waals surface area contributed by atoms with Crippen LogP contribution in [0.4, 0.5) is 13.2 Å². The highest BCUT2D eigenvalue weighted by atomic mass is 127. The van der Waals surface area contributed by atoms with E-state index in [1.807, 2.05) is 22.6 Å². The van der Waals surface area contributed by atoms with Gasteiger partial charge in [-0.15, -0.1) is 0 Å². The van der Waals surface area contributed by atoms with Crippen molar-refractivity contribution >= 4 is 22.6 Å². The lowest BCUT2D eigenvalue weighted by molar-refractivity contribution is -0.137. The maximum absolute atomic E-state index is 12.7. The van der Waals surface area contributed by atoms with Crippen LogP contribution >= 0.6 is 22.6 Å². The SMILES string of the molecule is COc1ccc(COc2cc(I)cc(C(F)(F)F)c2)cc1. The molecule has 0 aromatic heterocycles. The van der Waals surface area contributed by atoms with Gasteiger partial charge < -0.3 is 9.47 Å². The Balaban J connectivity index is 2.10. The predicted octanol–water partition coefficient (Wildman–Crippen LogP) is 4.90. The van der Waals surface area contributed by atoms with E-state index in [0.29, 0.717) is 9.32 Å². The first-order valence-corrected chi connectivity index (χ1v) is 7.10. The Bertz CT molecular complexity index is 609. The molecule has 0 atom stereocenters. The molecule has 6 heteroatoms. The molecule has 112 valence electrons. The molecule has 2 rings (SSSR count). The number of hydrogen-bond donors (Lipinski definition) is 0. The molecule has 0 unspecified atom stereocenters. The number of ether oxygens (including phenoxy) is 2. The first-order chi connectivity index (χ1) is 9.88. The second-order valence-corrected chi connectivity index (χ2v) is 5.56. The van der Waals surface area contributed by atoms with Crippen LogP contribution in [-0.4, -0.2) is 7.11 Å². The summed E-state index contributed by atoms with van der Waals surface area (Å²) in [6.07, 6.45) is -4.38. The van der Waals surface area contributed by atoms with Gasteiger partial charge in [-0.2, -0.15) is 13.2 Å². The standard InChI is InChI=1S/C15H12F3IO2/c1-20-13-4-2-10(3-5-13)9-21-14-7-11(15(16,17)18)6-12(19)8-14/h2-8H,9H2,1H3. The minimum Gasteiger partial charge on any atom is -0.497 e. The fraction of sp³-hybridized carbons (Fsp3) is 0.200. The van der Waals surface area contributed by atoms with Gasteiger partial charge in [0.25, 0.3) is 0 Å². The number of benzene rings is 2. The van der Waals surface area contributed by atoms with Gasteiger partial charge in [0, 0.05) is 3.57 Å². The van der Waals surface area contributed by atoms with Gasteiger partial charge in [0.15, 0.2) is 0 Å². The minimum atomic E-state index is -4.38. The van der Waals surface area contributed by atoms with Gasteiger partial charge >= 0.3 is 6.18 Å². The average Bonchev–Trinajstić information content (AvgIpc) is 2.44. The molecule has 0 amide bonds. The van der Waals surface area contributed by atoms with E-state index in [-0.39, 0.29) is 12.4 Å². The molecule has 0 aliphatic rings. The second kappa shape index (κ2) is 6.55. The molecule has 0 N–H and O–H groups in total. The third kappa shape index (κ3) is 4.52. The molecule has 2 aromatic carbocycles. The van der Waals surface area contributed by atoms with Crippen molar-refractivity contribution in [1.82, 2.24) is 0 Å². The molecule has 0 radical (unpaired) electrons. The smallest absolute Gasteiger partial charge is 0.416 e. The van der Waals surface area contributed by atoms with Crippen LogP contribution in [0, 0.1) is 3.57 Å². The number of rotatable bonds is 4. The summed E-state index contributed by atoms with van der Waals surface area (Å²) >= 11 is 1.84. The Labute approximate surface area is 134 Å². The molecule has 0 heterocycles. The zero-order valence-electron chi connectivity index (χ0n) is 11.1. The van der Waals surface area contributed by atoms with Crippen molar-refractivity contribution in [3.05, 3.63) is 57.2 Å². The van der Waals surface area contributed by atoms with Crippen LogP contribution in [0.1, 0.15) is 11.1 Å². The fourth-order valence-corrected chi connectivity index (χ4v) is 2.34. The molecule has 0 aliphatic heterocycles.